The maximum absolute atomic E-state index is 12.9. The zero-order valence-electron chi connectivity index (χ0n) is 9.09. The van der Waals surface area contributed by atoms with Crippen molar-refractivity contribution in [1.29, 1.82) is 0 Å². The van der Waals surface area contributed by atoms with E-state index in [9.17, 15) is 4.39 Å². The lowest BCUT2D eigenvalue weighted by Gasteiger charge is -2.16. The summed E-state index contributed by atoms with van der Waals surface area (Å²) in [6, 6.07) is 4.69. The largest absolute Gasteiger partial charge is 0.397 e. The van der Waals surface area contributed by atoms with Gasteiger partial charge in [-0.3, -0.25) is 0 Å². The molecule has 0 saturated carbocycles. The lowest BCUT2D eigenvalue weighted by Crippen LogP contribution is -2.17. The van der Waals surface area contributed by atoms with Crippen molar-refractivity contribution < 1.29 is 4.39 Å². The van der Waals surface area contributed by atoms with E-state index in [4.69, 9.17) is 5.73 Å². The topological polar surface area (TPSA) is 38.0 Å². The molecule has 1 aromatic rings. The van der Waals surface area contributed by atoms with Crippen molar-refractivity contribution in [3.8, 4) is 0 Å². The fourth-order valence-electron chi connectivity index (χ4n) is 1.29. The van der Waals surface area contributed by atoms with Crippen LogP contribution in [0.3, 0.4) is 0 Å². The van der Waals surface area contributed by atoms with E-state index in [1.807, 2.05) is 0 Å². The molecular weight excluding hydrogens is 211 g/mol. The number of hydrogen-bond donors (Lipinski definition) is 2. The normalized spacial score (nSPS) is 12.5. The fourth-order valence-corrected chi connectivity index (χ4v) is 1.88. The molecule has 4 heteroatoms. The van der Waals surface area contributed by atoms with Gasteiger partial charge in [0.05, 0.1) is 11.4 Å². The number of thioether (sulfide) groups is 1. The van der Waals surface area contributed by atoms with Crippen LogP contribution >= 0.6 is 11.8 Å². The van der Waals surface area contributed by atoms with Crippen molar-refractivity contribution in [1.82, 2.24) is 0 Å². The smallest absolute Gasteiger partial charge is 0.125 e. The van der Waals surface area contributed by atoms with E-state index in [1.54, 1.807) is 17.8 Å². The summed E-state index contributed by atoms with van der Waals surface area (Å²) in [5.74, 6) is 0.826. The molecular formula is C11H17FN2S. The second-order valence-electron chi connectivity index (χ2n) is 3.56. The molecule has 0 saturated heterocycles. The first-order chi connectivity index (χ1) is 7.13. The minimum Gasteiger partial charge on any atom is -0.397 e. The van der Waals surface area contributed by atoms with Gasteiger partial charge in [-0.15, -0.1) is 0 Å². The predicted molar refractivity (Wildman–Crippen MR) is 66.9 cm³/mol. The minimum atomic E-state index is -0.260. The van der Waals surface area contributed by atoms with Crippen LogP contribution in [-0.2, 0) is 0 Å². The molecule has 0 bridgehead atoms. The number of nitrogens with one attached hydrogen (secondary N) is 1. The zero-order valence-corrected chi connectivity index (χ0v) is 9.90. The van der Waals surface area contributed by atoms with Crippen molar-refractivity contribution in [3.63, 3.8) is 0 Å². The number of benzene rings is 1. The molecule has 0 heterocycles. The van der Waals surface area contributed by atoms with Crippen LogP contribution in [0.5, 0.6) is 0 Å². The van der Waals surface area contributed by atoms with Crippen molar-refractivity contribution in [2.75, 3.05) is 23.1 Å². The maximum Gasteiger partial charge on any atom is 0.125 e. The Morgan fingerprint density at radius 3 is 2.93 bits per heavy atom. The van der Waals surface area contributed by atoms with Crippen LogP contribution in [0.15, 0.2) is 18.2 Å². The van der Waals surface area contributed by atoms with E-state index in [1.165, 1.54) is 12.1 Å². The molecule has 15 heavy (non-hydrogen) atoms. The Morgan fingerprint density at radius 2 is 2.27 bits per heavy atom. The van der Waals surface area contributed by atoms with Crippen molar-refractivity contribution in [3.05, 3.63) is 24.0 Å². The van der Waals surface area contributed by atoms with Crippen LogP contribution in [-0.4, -0.2) is 18.1 Å². The molecule has 0 aliphatic carbocycles. The maximum atomic E-state index is 12.9. The van der Waals surface area contributed by atoms with Crippen molar-refractivity contribution >= 4 is 23.1 Å². The highest BCUT2D eigenvalue weighted by Crippen LogP contribution is 2.20. The first-order valence-electron chi connectivity index (χ1n) is 4.94. The highest BCUT2D eigenvalue weighted by atomic mass is 32.2. The van der Waals surface area contributed by atoms with E-state index >= 15 is 0 Å². The fraction of sp³-hybridized carbons (Fsp3) is 0.455. The summed E-state index contributed by atoms with van der Waals surface area (Å²) in [5, 5.41) is 3.21. The molecule has 0 spiro atoms. The number of nitrogens with two attached hydrogens (primary N) is 1. The van der Waals surface area contributed by atoms with E-state index < -0.39 is 0 Å². The molecule has 1 rings (SSSR count). The Bertz CT molecular complexity index is 317. The average molecular weight is 228 g/mol. The lowest BCUT2D eigenvalue weighted by molar-refractivity contribution is 0.628. The lowest BCUT2D eigenvalue weighted by atomic mass is 10.2. The van der Waals surface area contributed by atoms with Crippen LogP contribution in [0.4, 0.5) is 15.8 Å². The first kappa shape index (κ1) is 12.2. The Balaban J connectivity index is 2.59. The van der Waals surface area contributed by atoms with Gasteiger partial charge in [0.2, 0.25) is 0 Å². The second kappa shape index (κ2) is 5.85. The van der Waals surface area contributed by atoms with Gasteiger partial charge in [-0.05, 0) is 43.6 Å². The molecule has 1 atom stereocenters. The summed E-state index contributed by atoms with van der Waals surface area (Å²) in [5.41, 5.74) is 7.01. The highest BCUT2D eigenvalue weighted by Gasteiger charge is 2.05. The minimum absolute atomic E-state index is 0.260. The van der Waals surface area contributed by atoms with E-state index in [-0.39, 0.29) is 5.82 Å². The number of rotatable bonds is 5. The van der Waals surface area contributed by atoms with Crippen LogP contribution in [0.2, 0.25) is 0 Å². The van der Waals surface area contributed by atoms with Gasteiger partial charge < -0.3 is 11.1 Å². The van der Waals surface area contributed by atoms with Crippen LogP contribution < -0.4 is 11.1 Å². The summed E-state index contributed by atoms with van der Waals surface area (Å²) in [4.78, 5) is 0. The standard InChI is InChI=1S/C11H17FN2S/c1-8(5-6-15-2)14-11-7-9(12)3-4-10(11)13/h3-4,7-8,14H,5-6,13H2,1-2H3. The van der Waals surface area contributed by atoms with Crippen LogP contribution in [0.25, 0.3) is 0 Å². The Labute approximate surface area is 94.4 Å². The molecule has 0 aliphatic rings. The molecule has 84 valence electrons. The highest BCUT2D eigenvalue weighted by molar-refractivity contribution is 7.98. The molecule has 0 aliphatic heterocycles. The Hall–Kier alpha value is -0.900. The third kappa shape index (κ3) is 4.00. The van der Waals surface area contributed by atoms with Gasteiger partial charge in [-0.2, -0.15) is 11.8 Å². The van der Waals surface area contributed by atoms with E-state index in [0.29, 0.717) is 17.4 Å². The average Bonchev–Trinajstić information content (AvgIpc) is 2.20. The van der Waals surface area contributed by atoms with Gasteiger partial charge in [0.1, 0.15) is 5.82 Å². The summed E-state index contributed by atoms with van der Waals surface area (Å²) in [6.07, 6.45) is 3.11. The SMILES string of the molecule is CSCCC(C)Nc1cc(F)ccc1N. The quantitative estimate of drug-likeness (QED) is 0.761. The molecule has 0 radical (unpaired) electrons. The van der Waals surface area contributed by atoms with Gasteiger partial charge in [-0.1, -0.05) is 0 Å². The summed E-state index contributed by atoms with van der Waals surface area (Å²) in [6.45, 7) is 2.07. The van der Waals surface area contributed by atoms with E-state index in [0.717, 1.165) is 12.2 Å². The Kier molecular flexibility index (Phi) is 4.75. The summed E-state index contributed by atoms with van der Waals surface area (Å²) in [7, 11) is 0. The zero-order chi connectivity index (χ0) is 11.3. The molecule has 0 aromatic heterocycles. The number of halogens is 1. The van der Waals surface area contributed by atoms with Gasteiger partial charge in [0.25, 0.3) is 0 Å². The molecule has 3 N–H and O–H groups in total. The molecule has 1 aromatic carbocycles. The first-order valence-corrected chi connectivity index (χ1v) is 6.33. The van der Waals surface area contributed by atoms with Crippen molar-refractivity contribution in [2.24, 2.45) is 0 Å². The molecule has 2 nitrogen and oxygen atoms in total. The van der Waals surface area contributed by atoms with Gasteiger partial charge in [-0.25, -0.2) is 4.39 Å². The molecule has 0 amide bonds. The summed E-state index contributed by atoms with van der Waals surface area (Å²) < 4.78 is 12.9. The van der Waals surface area contributed by atoms with E-state index in [2.05, 4.69) is 18.5 Å². The van der Waals surface area contributed by atoms with Gasteiger partial charge >= 0.3 is 0 Å². The number of anilines is 2. The summed E-state index contributed by atoms with van der Waals surface area (Å²) >= 11 is 1.80. The second-order valence-corrected chi connectivity index (χ2v) is 4.54. The third-order valence-electron chi connectivity index (χ3n) is 2.17. The predicted octanol–water partition coefficient (Wildman–Crippen LogP) is 2.96. The monoisotopic (exact) mass is 228 g/mol. The molecule has 1 unspecified atom stereocenters. The molecule has 0 fully saturated rings. The number of hydrogen-bond acceptors (Lipinski definition) is 3. The van der Waals surface area contributed by atoms with Crippen molar-refractivity contribution in [2.45, 2.75) is 19.4 Å². The van der Waals surface area contributed by atoms with Gasteiger partial charge in [0.15, 0.2) is 0 Å². The van der Waals surface area contributed by atoms with Crippen LogP contribution in [0.1, 0.15) is 13.3 Å². The van der Waals surface area contributed by atoms with Crippen LogP contribution in [0, 0.1) is 5.82 Å². The Morgan fingerprint density at radius 1 is 1.53 bits per heavy atom. The van der Waals surface area contributed by atoms with Gasteiger partial charge in [0, 0.05) is 6.04 Å². The third-order valence-corrected chi connectivity index (χ3v) is 2.82. The number of nitrogen functional groups attached to an aromatic ring is 1.